The minimum atomic E-state index is -0.159. The molecule has 0 radical (unpaired) electrons. The molecule has 0 bridgehead atoms. The van der Waals surface area contributed by atoms with E-state index in [0.717, 1.165) is 57.6 Å². The fraction of sp³-hybridized carbons (Fsp3) is 0.143. The molecule has 9 aromatic rings. The van der Waals surface area contributed by atoms with E-state index < -0.39 is 0 Å². The maximum absolute atomic E-state index is 2.47. The molecule has 0 heterocycles. The van der Waals surface area contributed by atoms with Gasteiger partial charge in [-0.15, -0.1) is 0 Å². The molecule has 66 heavy (non-hydrogen) atoms. The van der Waals surface area contributed by atoms with Crippen molar-refractivity contribution in [3.8, 4) is 22.3 Å². The number of nitrogens with zero attached hydrogens (tertiary/aromatic N) is 3. The van der Waals surface area contributed by atoms with Crippen molar-refractivity contribution in [2.24, 2.45) is 0 Å². The lowest BCUT2D eigenvalue weighted by Crippen LogP contribution is -2.18. The summed E-state index contributed by atoms with van der Waals surface area (Å²) in [6, 6.07) is 78.9. The van der Waals surface area contributed by atoms with Crippen LogP contribution in [0.5, 0.6) is 0 Å². The largest absolute Gasteiger partial charge is 0.310 e. The number of para-hydroxylation sites is 2. The van der Waals surface area contributed by atoms with Crippen molar-refractivity contribution in [1.29, 1.82) is 0 Å². The van der Waals surface area contributed by atoms with Crippen molar-refractivity contribution in [2.75, 3.05) is 14.7 Å². The first-order chi connectivity index (χ1) is 32.1. The predicted octanol–water partition coefficient (Wildman–Crippen LogP) is 17.6. The highest BCUT2D eigenvalue weighted by atomic mass is 15.2. The number of benzene rings is 9. The second-order valence-electron chi connectivity index (χ2n) is 19.0. The maximum Gasteiger partial charge on any atom is 0.0503 e. The third kappa shape index (κ3) is 6.89. The lowest BCUT2D eigenvalue weighted by Gasteiger charge is -2.34. The molecule has 2 aliphatic rings. The van der Waals surface area contributed by atoms with Crippen LogP contribution >= 0.6 is 0 Å². The van der Waals surface area contributed by atoms with Gasteiger partial charge in [0.25, 0.3) is 0 Å². The van der Waals surface area contributed by atoms with E-state index in [1.54, 1.807) is 0 Å². The van der Waals surface area contributed by atoms with Crippen LogP contribution in [0.2, 0.25) is 0 Å². The fourth-order valence-corrected chi connectivity index (χ4v) is 10.7. The van der Waals surface area contributed by atoms with Crippen molar-refractivity contribution in [3.05, 3.63) is 246 Å². The molecule has 0 amide bonds. The van der Waals surface area contributed by atoms with Gasteiger partial charge in [-0.1, -0.05) is 162 Å². The maximum atomic E-state index is 2.47. The van der Waals surface area contributed by atoms with Crippen LogP contribution < -0.4 is 14.7 Å². The number of rotatable bonds is 10. The Hall–Kier alpha value is -7.62. The second kappa shape index (κ2) is 16.1. The summed E-state index contributed by atoms with van der Waals surface area (Å²) in [5, 5.41) is 0. The van der Waals surface area contributed by atoms with Gasteiger partial charge in [-0.05, 0) is 154 Å². The SMILES string of the molecule is CCc1ccc(N(c2cc(N(c3ccccc3)c3ccc(C)cc3)cc(N(c3ccccc3)c3ccc4c(c3)C(C)(C)c3ccccc3-4)c2)c2ccc3c(c2)C(C)(C)c2ccccc2-3)cc1. The number of anilines is 9. The lowest BCUT2D eigenvalue weighted by molar-refractivity contribution is 0.660. The molecule has 0 atom stereocenters. The first-order valence-corrected chi connectivity index (χ1v) is 23.4. The van der Waals surface area contributed by atoms with Gasteiger partial charge in [0, 0.05) is 45.0 Å². The molecule has 0 saturated heterocycles. The van der Waals surface area contributed by atoms with E-state index in [9.17, 15) is 0 Å². The summed E-state index contributed by atoms with van der Waals surface area (Å²) in [5.74, 6) is 0. The third-order valence-electron chi connectivity index (χ3n) is 14.2. The zero-order chi connectivity index (χ0) is 45.2. The van der Waals surface area contributed by atoms with Crippen LogP contribution in [-0.2, 0) is 17.3 Å². The molecule has 3 heteroatoms. The normalized spacial score (nSPS) is 13.6. The molecule has 0 aromatic heterocycles. The Bertz CT molecular complexity index is 3240. The van der Waals surface area contributed by atoms with Crippen LogP contribution in [0.15, 0.2) is 212 Å². The zero-order valence-electron chi connectivity index (χ0n) is 38.8. The highest BCUT2D eigenvalue weighted by Gasteiger charge is 2.37. The predicted molar refractivity (Wildman–Crippen MR) is 280 cm³/mol. The molecular formula is C63H55N3. The van der Waals surface area contributed by atoms with Crippen LogP contribution in [0, 0.1) is 6.92 Å². The average molecular weight is 854 g/mol. The Morgan fingerprint density at radius 2 is 0.636 bits per heavy atom. The summed E-state index contributed by atoms with van der Waals surface area (Å²) in [6.45, 7) is 13.8. The van der Waals surface area contributed by atoms with Crippen LogP contribution in [0.4, 0.5) is 51.2 Å². The van der Waals surface area contributed by atoms with Crippen molar-refractivity contribution in [2.45, 2.75) is 58.8 Å². The Morgan fingerprint density at radius 1 is 0.303 bits per heavy atom. The minimum Gasteiger partial charge on any atom is -0.310 e. The zero-order valence-corrected chi connectivity index (χ0v) is 38.8. The molecule has 0 saturated carbocycles. The molecule has 0 aliphatic heterocycles. The van der Waals surface area contributed by atoms with Crippen molar-refractivity contribution in [1.82, 2.24) is 0 Å². The van der Waals surface area contributed by atoms with Gasteiger partial charge >= 0.3 is 0 Å². The average Bonchev–Trinajstić information content (AvgIpc) is 3.72. The topological polar surface area (TPSA) is 9.72 Å². The summed E-state index contributed by atoms with van der Waals surface area (Å²) in [5.41, 5.74) is 22.7. The van der Waals surface area contributed by atoms with Crippen molar-refractivity contribution < 1.29 is 0 Å². The van der Waals surface area contributed by atoms with Crippen LogP contribution in [0.1, 0.15) is 68.0 Å². The van der Waals surface area contributed by atoms with Gasteiger partial charge < -0.3 is 14.7 Å². The summed E-state index contributed by atoms with van der Waals surface area (Å²) in [7, 11) is 0. The van der Waals surface area contributed by atoms with Gasteiger partial charge in [-0.25, -0.2) is 0 Å². The van der Waals surface area contributed by atoms with Gasteiger partial charge in [0.1, 0.15) is 0 Å². The summed E-state index contributed by atoms with van der Waals surface area (Å²) < 4.78 is 0. The van der Waals surface area contributed by atoms with Gasteiger partial charge in [-0.3, -0.25) is 0 Å². The van der Waals surface area contributed by atoms with Gasteiger partial charge in [0.05, 0.1) is 17.1 Å². The Balaban J connectivity index is 1.18. The Morgan fingerprint density at radius 3 is 1.06 bits per heavy atom. The second-order valence-corrected chi connectivity index (χ2v) is 19.0. The summed E-state index contributed by atoms with van der Waals surface area (Å²) in [4.78, 5) is 7.32. The van der Waals surface area contributed by atoms with Crippen LogP contribution in [0.25, 0.3) is 22.3 Å². The van der Waals surface area contributed by atoms with Crippen LogP contribution in [-0.4, -0.2) is 0 Å². The summed E-state index contributed by atoms with van der Waals surface area (Å²) in [6.07, 6.45) is 0.975. The first-order valence-electron chi connectivity index (χ1n) is 23.4. The van der Waals surface area contributed by atoms with E-state index in [2.05, 4.69) is 269 Å². The number of hydrogen-bond donors (Lipinski definition) is 0. The summed E-state index contributed by atoms with van der Waals surface area (Å²) >= 11 is 0. The highest BCUT2D eigenvalue weighted by molar-refractivity contribution is 5.92. The molecule has 0 fully saturated rings. The lowest BCUT2D eigenvalue weighted by atomic mass is 9.82. The van der Waals surface area contributed by atoms with Crippen molar-refractivity contribution >= 4 is 51.2 Å². The molecule has 322 valence electrons. The van der Waals surface area contributed by atoms with E-state index in [1.165, 1.54) is 55.6 Å². The molecular weight excluding hydrogens is 799 g/mol. The minimum absolute atomic E-state index is 0.157. The molecule has 9 aromatic carbocycles. The van der Waals surface area contributed by atoms with E-state index in [1.807, 2.05) is 0 Å². The van der Waals surface area contributed by atoms with Gasteiger partial charge in [-0.2, -0.15) is 0 Å². The monoisotopic (exact) mass is 853 g/mol. The van der Waals surface area contributed by atoms with E-state index in [0.29, 0.717) is 0 Å². The molecule has 0 N–H and O–H groups in total. The van der Waals surface area contributed by atoms with E-state index in [-0.39, 0.29) is 10.8 Å². The van der Waals surface area contributed by atoms with Gasteiger partial charge in [0.15, 0.2) is 0 Å². The number of fused-ring (bicyclic) bond motifs is 6. The number of hydrogen-bond acceptors (Lipinski definition) is 3. The molecule has 0 unspecified atom stereocenters. The molecule has 3 nitrogen and oxygen atoms in total. The van der Waals surface area contributed by atoms with Crippen LogP contribution in [0.3, 0.4) is 0 Å². The quantitative estimate of drug-likeness (QED) is 0.136. The first kappa shape index (κ1) is 41.1. The molecule has 2 aliphatic carbocycles. The van der Waals surface area contributed by atoms with E-state index in [4.69, 9.17) is 0 Å². The number of aryl methyl sites for hydroxylation is 2. The molecule has 11 rings (SSSR count). The third-order valence-corrected chi connectivity index (χ3v) is 14.2. The smallest absolute Gasteiger partial charge is 0.0503 e. The van der Waals surface area contributed by atoms with Gasteiger partial charge in [0.2, 0.25) is 0 Å². The molecule has 0 spiro atoms. The van der Waals surface area contributed by atoms with Crippen molar-refractivity contribution in [3.63, 3.8) is 0 Å². The fourth-order valence-electron chi connectivity index (χ4n) is 10.7. The Kier molecular flexibility index (Phi) is 10.0. The highest BCUT2D eigenvalue weighted by Crippen LogP contribution is 2.54. The standard InChI is InChI=1S/C63H55N3/c1-7-44-28-32-48(33-29-44)66(50-35-37-57-55-23-15-17-25-59(55)63(5,6)61(57)42-50)53-39-51(64(45-18-10-8-11-19-45)47-30-26-43(2)27-31-47)38-52(40-53)65(46-20-12-9-13-21-46)49-34-36-56-54-22-14-16-24-58(54)62(3,4)60(56)41-49/h8-42H,7H2,1-6H3. The Labute approximate surface area is 390 Å². The van der Waals surface area contributed by atoms with E-state index >= 15 is 0 Å².